The second-order valence-corrected chi connectivity index (χ2v) is 10.5. The number of nitrogens with one attached hydrogen (secondary N) is 1. The number of anilines is 1. The van der Waals surface area contributed by atoms with Crippen LogP contribution >= 0.6 is 0 Å². The van der Waals surface area contributed by atoms with Crippen LogP contribution in [0.4, 0.5) is 18.9 Å². The van der Waals surface area contributed by atoms with Crippen LogP contribution < -0.4 is 4.72 Å². The molecule has 1 aliphatic rings. The van der Waals surface area contributed by atoms with Crippen molar-refractivity contribution in [2.24, 2.45) is 0 Å². The Bertz CT molecular complexity index is 1120. The van der Waals surface area contributed by atoms with Crippen LogP contribution in [0.1, 0.15) is 29.4 Å². The number of nitrogens with zero attached hydrogens (tertiary/aromatic N) is 2. The quantitative estimate of drug-likeness (QED) is 0.793. The van der Waals surface area contributed by atoms with Gasteiger partial charge in [-0.3, -0.25) is 9.40 Å². The van der Waals surface area contributed by atoms with Crippen LogP contribution in [0, 0.1) is 13.8 Å². The number of aryl methyl sites for hydroxylation is 1. The number of hydrogen-bond acceptors (Lipinski definition) is 5. The van der Waals surface area contributed by atoms with Gasteiger partial charge in [-0.1, -0.05) is 12.1 Å². The molecule has 1 N–H and O–H groups in total. The molecule has 0 radical (unpaired) electrons. The van der Waals surface area contributed by atoms with E-state index in [1.807, 2.05) is 4.72 Å². The predicted molar refractivity (Wildman–Crippen MR) is 96.3 cm³/mol. The largest absolute Gasteiger partial charge is 0.418 e. The number of para-hydroxylation sites is 1. The van der Waals surface area contributed by atoms with Crippen molar-refractivity contribution in [3.05, 3.63) is 41.2 Å². The van der Waals surface area contributed by atoms with E-state index in [1.54, 1.807) is 0 Å². The molecule has 1 aromatic heterocycles. The lowest BCUT2D eigenvalue weighted by molar-refractivity contribution is -0.136. The van der Waals surface area contributed by atoms with E-state index in [1.165, 1.54) is 24.6 Å². The average molecular weight is 437 g/mol. The van der Waals surface area contributed by atoms with Crippen LogP contribution in [0.3, 0.4) is 0 Å². The van der Waals surface area contributed by atoms with Crippen molar-refractivity contribution in [2.45, 2.75) is 37.4 Å². The van der Waals surface area contributed by atoms with Crippen LogP contribution in [0.15, 0.2) is 29.2 Å². The zero-order valence-corrected chi connectivity index (χ0v) is 16.6. The normalized spacial score (nSPS) is 19.7. The van der Waals surface area contributed by atoms with Gasteiger partial charge in [0.15, 0.2) is 9.84 Å². The summed E-state index contributed by atoms with van der Waals surface area (Å²) in [5.74, 6) is -0.173. The molecule has 2 heterocycles. The predicted octanol–water partition coefficient (Wildman–Crippen LogP) is 2.68. The van der Waals surface area contributed by atoms with Crippen molar-refractivity contribution in [3.8, 4) is 0 Å². The van der Waals surface area contributed by atoms with E-state index in [9.17, 15) is 30.0 Å². The summed E-state index contributed by atoms with van der Waals surface area (Å²) in [6.45, 7) is 2.87. The fourth-order valence-corrected chi connectivity index (χ4v) is 6.55. The molecule has 12 heteroatoms. The minimum Gasteiger partial charge on any atom is -0.279 e. The molecule has 0 aliphatic carbocycles. The molecule has 1 aliphatic heterocycles. The Morgan fingerprint density at radius 2 is 1.86 bits per heavy atom. The van der Waals surface area contributed by atoms with Crippen molar-refractivity contribution in [1.82, 2.24) is 9.78 Å². The van der Waals surface area contributed by atoms with Crippen LogP contribution in [-0.2, 0) is 26.0 Å². The summed E-state index contributed by atoms with van der Waals surface area (Å²) in [4.78, 5) is -0.256. The van der Waals surface area contributed by atoms with Gasteiger partial charge in [-0.15, -0.1) is 0 Å². The number of halogens is 3. The number of alkyl halides is 3. The molecule has 2 aromatic rings. The van der Waals surface area contributed by atoms with Gasteiger partial charge >= 0.3 is 6.18 Å². The van der Waals surface area contributed by atoms with Gasteiger partial charge in [0, 0.05) is 0 Å². The number of rotatable bonds is 4. The summed E-state index contributed by atoms with van der Waals surface area (Å²) < 4.78 is 91.9. The first-order valence-electron chi connectivity index (χ1n) is 8.27. The molecule has 7 nitrogen and oxygen atoms in total. The molecule has 3 rings (SSSR count). The molecule has 1 fully saturated rings. The first kappa shape index (κ1) is 20.6. The summed E-state index contributed by atoms with van der Waals surface area (Å²) in [6.07, 6.45) is -4.43. The number of benzene rings is 1. The minimum absolute atomic E-state index is 0.0185. The smallest absolute Gasteiger partial charge is 0.279 e. The zero-order valence-electron chi connectivity index (χ0n) is 15.0. The van der Waals surface area contributed by atoms with Gasteiger partial charge in [-0.2, -0.15) is 18.3 Å². The summed E-state index contributed by atoms with van der Waals surface area (Å²) in [7, 11) is -7.60. The van der Waals surface area contributed by atoms with E-state index in [0.717, 1.165) is 18.2 Å². The summed E-state index contributed by atoms with van der Waals surface area (Å²) in [5, 5.41) is 4.15. The molecule has 1 atom stereocenters. The molecule has 0 spiro atoms. The van der Waals surface area contributed by atoms with E-state index in [0.29, 0.717) is 6.42 Å². The monoisotopic (exact) mass is 437 g/mol. The number of aromatic nitrogens is 2. The highest BCUT2D eigenvalue weighted by Gasteiger charge is 2.36. The number of sulfonamides is 1. The van der Waals surface area contributed by atoms with Crippen LogP contribution in [0.2, 0.25) is 0 Å². The van der Waals surface area contributed by atoms with Crippen molar-refractivity contribution in [2.75, 3.05) is 16.2 Å². The summed E-state index contributed by atoms with van der Waals surface area (Å²) >= 11 is 0. The Morgan fingerprint density at radius 3 is 2.43 bits per heavy atom. The maximum atomic E-state index is 13.2. The Labute approximate surface area is 160 Å². The maximum absolute atomic E-state index is 13.2. The van der Waals surface area contributed by atoms with Crippen molar-refractivity contribution in [3.63, 3.8) is 0 Å². The van der Waals surface area contributed by atoms with E-state index in [2.05, 4.69) is 5.10 Å². The van der Waals surface area contributed by atoms with Gasteiger partial charge in [0.1, 0.15) is 4.90 Å². The number of hydrogen-bond donors (Lipinski definition) is 1. The van der Waals surface area contributed by atoms with Gasteiger partial charge in [-0.05, 0) is 32.4 Å². The summed E-state index contributed by atoms with van der Waals surface area (Å²) in [6, 6.07) is 3.76. The van der Waals surface area contributed by atoms with E-state index in [-0.39, 0.29) is 27.8 Å². The highest BCUT2D eigenvalue weighted by atomic mass is 32.2. The average Bonchev–Trinajstić information content (AvgIpc) is 3.05. The Balaban J connectivity index is 2.01. The Kier molecular flexibility index (Phi) is 4.99. The van der Waals surface area contributed by atoms with Gasteiger partial charge in [0.05, 0.1) is 40.2 Å². The summed E-state index contributed by atoms with van der Waals surface area (Å²) in [5.41, 5.74) is -1.44. The molecule has 0 saturated carbocycles. The lowest BCUT2D eigenvalue weighted by Crippen LogP contribution is -2.19. The second kappa shape index (κ2) is 6.76. The van der Waals surface area contributed by atoms with Gasteiger partial charge in [0.25, 0.3) is 10.0 Å². The van der Waals surface area contributed by atoms with Gasteiger partial charge in [-0.25, -0.2) is 16.8 Å². The van der Waals surface area contributed by atoms with Crippen LogP contribution in [-0.4, -0.2) is 38.1 Å². The van der Waals surface area contributed by atoms with Gasteiger partial charge < -0.3 is 0 Å². The molecule has 0 bridgehead atoms. The molecule has 1 aromatic carbocycles. The van der Waals surface area contributed by atoms with E-state index < -0.39 is 43.3 Å². The third kappa shape index (κ3) is 3.88. The standard InChI is InChI=1S/C16H18F3N3O4S2/c1-10-15(11(2)22(20-10)12-7-8-27(23,24)9-12)28(25,26)21-14-6-4-3-5-13(14)16(17,18)19/h3-6,12,21H,7-9H2,1-2H3/t12-/m0/s1. The second-order valence-electron chi connectivity index (χ2n) is 6.65. The fourth-order valence-electron chi connectivity index (χ4n) is 3.38. The first-order valence-corrected chi connectivity index (χ1v) is 11.6. The van der Waals surface area contributed by atoms with E-state index >= 15 is 0 Å². The van der Waals surface area contributed by atoms with Crippen molar-refractivity contribution in [1.29, 1.82) is 0 Å². The van der Waals surface area contributed by atoms with Crippen molar-refractivity contribution < 1.29 is 30.0 Å². The zero-order chi connectivity index (χ0) is 20.9. The third-order valence-electron chi connectivity index (χ3n) is 4.56. The lowest BCUT2D eigenvalue weighted by atomic mass is 10.2. The molecule has 28 heavy (non-hydrogen) atoms. The van der Waals surface area contributed by atoms with Crippen molar-refractivity contribution >= 4 is 25.5 Å². The molecule has 0 amide bonds. The third-order valence-corrected chi connectivity index (χ3v) is 7.93. The molecule has 1 saturated heterocycles. The highest BCUT2D eigenvalue weighted by Crippen LogP contribution is 2.36. The molecular weight excluding hydrogens is 419 g/mol. The molecular formula is C16H18F3N3O4S2. The minimum atomic E-state index is -4.73. The van der Waals surface area contributed by atoms with Gasteiger partial charge in [0.2, 0.25) is 0 Å². The molecule has 154 valence electrons. The fraction of sp³-hybridized carbons (Fsp3) is 0.438. The Morgan fingerprint density at radius 1 is 1.21 bits per heavy atom. The number of sulfone groups is 1. The first-order chi connectivity index (χ1) is 12.8. The molecule has 0 unspecified atom stereocenters. The van der Waals surface area contributed by atoms with Crippen LogP contribution in [0.5, 0.6) is 0 Å². The topological polar surface area (TPSA) is 98.1 Å². The maximum Gasteiger partial charge on any atom is 0.418 e. The highest BCUT2D eigenvalue weighted by molar-refractivity contribution is 7.93. The van der Waals surface area contributed by atoms with E-state index in [4.69, 9.17) is 0 Å². The lowest BCUT2D eigenvalue weighted by Gasteiger charge is -2.15. The Hall–Kier alpha value is -2.08. The van der Waals surface area contributed by atoms with Crippen LogP contribution in [0.25, 0.3) is 0 Å². The SMILES string of the molecule is Cc1nn([C@H]2CCS(=O)(=O)C2)c(C)c1S(=O)(=O)Nc1ccccc1C(F)(F)F.